The molecule has 0 atom stereocenters. The van der Waals surface area contributed by atoms with Crippen molar-refractivity contribution in [1.29, 1.82) is 0 Å². The number of aromatic nitrogens is 1. The van der Waals surface area contributed by atoms with E-state index in [9.17, 15) is 18.0 Å². The van der Waals surface area contributed by atoms with Crippen molar-refractivity contribution in [3.63, 3.8) is 0 Å². The molecule has 30 heavy (non-hydrogen) atoms. The van der Waals surface area contributed by atoms with E-state index in [4.69, 9.17) is 0 Å². The Bertz CT molecular complexity index is 1020. The fourth-order valence-electron chi connectivity index (χ4n) is 3.10. The van der Waals surface area contributed by atoms with E-state index in [1.807, 2.05) is 0 Å². The number of nitrogens with zero attached hydrogens (tertiary/aromatic N) is 1. The van der Waals surface area contributed by atoms with E-state index < -0.39 is 23.4 Å². The minimum absolute atomic E-state index is 0.129. The second kappa shape index (κ2) is 10.4. The highest BCUT2D eigenvalue weighted by Gasteiger charge is 2.15. The van der Waals surface area contributed by atoms with Crippen LogP contribution in [0.5, 0.6) is 0 Å². The summed E-state index contributed by atoms with van der Waals surface area (Å²) in [7, 11) is 0. The highest BCUT2D eigenvalue weighted by atomic mass is 32.1. The average Bonchev–Trinajstić information content (AvgIpc) is 3.17. The molecule has 0 aliphatic carbocycles. The van der Waals surface area contributed by atoms with Crippen LogP contribution in [0.25, 0.3) is 11.1 Å². The summed E-state index contributed by atoms with van der Waals surface area (Å²) in [5.41, 5.74) is 0.549. The molecule has 1 aromatic heterocycles. The number of aryl methyl sites for hydroxylation is 1. The van der Waals surface area contributed by atoms with Crippen LogP contribution in [-0.4, -0.2) is 10.9 Å². The zero-order valence-corrected chi connectivity index (χ0v) is 17.5. The molecule has 0 saturated carbocycles. The number of rotatable bonds is 9. The number of hydrogen-bond acceptors (Lipinski definition) is 3. The molecule has 0 aliphatic heterocycles. The summed E-state index contributed by atoms with van der Waals surface area (Å²) < 4.78 is 41.0. The minimum atomic E-state index is -1.01. The molecule has 158 valence electrons. The Morgan fingerprint density at radius 2 is 1.63 bits per heavy atom. The van der Waals surface area contributed by atoms with Crippen LogP contribution in [-0.2, 0) is 6.42 Å². The molecule has 1 N–H and O–H groups in total. The number of unbranched alkanes of at least 4 members (excludes halogenated alkanes) is 4. The fraction of sp³-hybridized carbons (Fsp3) is 0.304. The number of carbonyl (C=O) groups is 1. The number of halogens is 3. The third kappa shape index (κ3) is 5.69. The van der Waals surface area contributed by atoms with Gasteiger partial charge >= 0.3 is 0 Å². The van der Waals surface area contributed by atoms with E-state index in [0.717, 1.165) is 42.5 Å². The van der Waals surface area contributed by atoms with Crippen LogP contribution in [0.4, 0.5) is 18.2 Å². The van der Waals surface area contributed by atoms with Crippen LogP contribution in [0, 0.1) is 17.5 Å². The number of carbonyl (C=O) groups excluding carboxylic acids is 1. The maximum Gasteiger partial charge on any atom is 0.259 e. The number of nitrogens with one attached hydrogen (secondary N) is 1. The molecule has 3 rings (SSSR count). The Balaban J connectivity index is 1.62. The maximum absolute atomic E-state index is 14.5. The predicted molar refractivity (Wildman–Crippen MR) is 114 cm³/mol. The normalized spacial score (nSPS) is 10.9. The van der Waals surface area contributed by atoms with E-state index in [2.05, 4.69) is 17.2 Å². The maximum atomic E-state index is 14.5. The molecule has 1 amide bonds. The van der Waals surface area contributed by atoms with Gasteiger partial charge in [-0.1, -0.05) is 44.7 Å². The number of hydrogen-bond donors (Lipinski definition) is 1. The molecule has 0 saturated heterocycles. The SMILES string of the molecule is CCCCCCCc1ncc(NC(=O)c2ccc(-c3ccc(F)c(F)c3)cc2F)s1. The van der Waals surface area contributed by atoms with Gasteiger partial charge in [-0.15, -0.1) is 11.3 Å². The number of benzene rings is 2. The van der Waals surface area contributed by atoms with Gasteiger partial charge in [0.2, 0.25) is 0 Å². The summed E-state index contributed by atoms with van der Waals surface area (Å²) in [5.74, 6) is -3.31. The molecular formula is C23H23F3N2OS. The van der Waals surface area contributed by atoms with Crippen molar-refractivity contribution >= 4 is 22.2 Å². The molecule has 0 spiro atoms. The second-order valence-corrected chi connectivity index (χ2v) is 8.18. The van der Waals surface area contributed by atoms with Crippen LogP contribution < -0.4 is 5.32 Å². The number of anilines is 1. The standard InChI is InChI=1S/C23H23F3N2OS/c1-2-3-4-5-6-7-21-27-14-22(30-21)28-23(29)17-10-8-15(12-19(17)25)16-9-11-18(24)20(26)13-16/h8-14H,2-7H2,1H3,(H,28,29). The van der Waals surface area contributed by atoms with Crippen LogP contribution in [0.1, 0.15) is 54.4 Å². The Morgan fingerprint density at radius 3 is 2.33 bits per heavy atom. The van der Waals surface area contributed by atoms with Crippen molar-refractivity contribution < 1.29 is 18.0 Å². The Hall–Kier alpha value is -2.67. The fourth-order valence-corrected chi connectivity index (χ4v) is 3.95. The van der Waals surface area contributed by atoms with E-state index in [1.54, 1.807) is 6.20 Å². The van der Waals surface area contributed by atoms with Crippen molar-refractivity contribution in [3.8, 4) is 11.1 Å². The number of thiazole rings is 1. The molecule has 7 heteroatoms. The molecular weight excluding hydrogens is 409 g/mol. The van der Waals surface area contributed by atoms with E-state index >= 15 is 0 Å². The van der Waals surface area contributed by atoms with Crippen LogP contribution >= 0.6 is 11.3 Å². The molecule has 0 radical (unpaired) electrons. The Morgan fingerprint density at radius 1 is 0.933 bits per heavy atom. The zero-order chi connectivity index (χ0) is 21.5. The van der Waals surface area contributed by atoms with E-state index in [1.165, 1.54) is 48.8 Å². The Labute approximate surface area is 178 Å². The van der Waals surface area contributed by atoms with Gasteiger partial charge in [0, 0.05) is 0 Å². The summed E-state index contributed by atoms with van der Waals surface area (Å²) in [4.78, 5) is 16.8. The first kappa shape index (κ1) is 22.0. The summed E-state index contributed by atoms with van der Waals surface area (Å²) in [6.45, 7) is 2.18. The average molecular weight is 433 g/mol. The van der Waals surface area contributed by atoms with Crippen LogP contribution in [0.15, 0.2) is 42.6 Å². The largest absolute Gasteiger partial charge is 0.312 e. The first-order valence-corrected chi connectivity index (χ1v) is 10.8. The van der Waals surface area contributed by atoms with Gasteiger partial charge in [0.25, 0.3) is 5.91 Å². The molecule has 0 fully saturated rings. The van der Waals surface area contributed by atoms with Crippen molar-refractivity contribution in [2.24, 2.45) is 0 Å². The topological polar surface area (TPSA) is 42.0 Å². The molecule has 1 heterocycles. The van der Waals surface area contributed by atoms with Gasteiger partial charge in [0.05, 0.1) is 16.8 Å². The lowest BCUT2D eigenvalue weighted by Gasteiger charge is -2.07. The van der Waals surface area contributed by atoms with E-state index in [0.29, 0.717) is 16.1 Å². The van der Waals surface area contributed by atoms with Crippen molar-refractivity contribution in [1.82, 2.24) is 4.98 Å². The van der Waals surface area contributed by atoms with Gasteiger partial charge in [-0.2, -0.15) is 0 Å². The van der Waals surface area contributed by atoms with Crippen LogP contribution in [0.2, 0.25) is 0 Å². The van der Waals surface area contributed by atoms with Crippen molar-refractivity contribution in [2.45, 2.75) is 45.4 Å². The van der Waals surface area contributed by atoms with Gasteiger partial charge in [-0.05, 0) is 48.2 Å². The quantitative estimate of drug-likeness (QED) is 0.370. The smallest absolute Gasteiger partial charge is 0.259 e. The lowest BCUT2D eigenvalue weighted by Crippen LogP contribution is -2.12. The summed E-state index contributed by atoms with van der Waals surface area (Å²) in [6.07, 6.45) is 8.31. The van der Waals surface area contributed by atoms with Gasteiger partial charge < -0.3 is 5.32 Å². The second-order valence-electron chi connectivity index (χ2n) is 7.06. The highest BCUT2D eigenvalue weighted by molar-refractivity contribution is 7.15. The monoisotopic (exact) mass is 432 g/mol. The van der Waals surface area contributed by atoms with Crippen molar-refractivity contribution in [3.05, 3.63) is 70.6 Å². The zero-order valence-electron chi connectivity index (χ0n) is 16.7. The Kier molecular flexibility index (Phi) is 7.63. The first-order chi connectivity index (χ1) is 14.5. The van der Waals surface area contributed by atoms with Gasteiger partial charge in [-0.3, -0.25) is 4.79 Å². The molecule has 3 nitrogen and oxygen atoms in total. The molecule has 2 aromatic carbocycles. The lowest BCUT2D eigenvalue weighted by atomic mass is 10.0. The van der Waals surface area contributed by atoms with Crippen LogP contribution in [0.3, 0.4) is 0 Å². The van der Waals surface area contributed by atoms with Crippen molar-refractivity contribution in [2.75, 3.05) is 5.32 Å². The molecule has 0 aliphatic rings. The van der Waals surface area contributed by atoms with Gasteiger partial charge in [-0.25, -0.2) is 18.2 Å². The molecule has 0 bridgehead atoms. The third-order valence-electron chi connectivity index (χ3n) is 4.75. The molecule has 3 aromatic rings. The minimum Gasteiger partial charge on any atom is -0.312 e. The highest BCUT2D eigenvalue weighted by Crippen LogP contribution is 2.25. The van der Waals surface area contributed by atoms with Gasteiger partial charge in [0.15, 0.2) is 11.6 Å². The summed E-state index contributed by atoms with van der Waals surface area (Å²) >= 11 is 1.39. The third-order valence-corrected chi connectivity index (χ3v) is 5.72. The lowest BCUT2D eigenvalue weighted by molar-refractivity contribution is 0.102. The summed E-state index contributed by atoms with van der Waals surface area (Å²) in [5, 5.41) is 4.18. The number of amides is 1. The van der Waals surface area contributed by atoms with E-state index in [-0.39, 0.29) is 5.56 Å². The molecule has 0 unspecified atom stereocenters. The summed E-state index contributed by atoms with van der Waals surface area (Å²) in [6, 6.07) is 7.29. The van der Waals surface area contributed by atoms with Gasteiger partial charge in [0.1, 0.15) is 10.8 Å². The first-order valence-electron chi connectivity index (χ1n) is 9.99. The predicted octanol–water partition coefficient (Wildman–Crippen LogP) is 6.99.